The molecule has 27 heavy (non-hydrogen) atoms. The number of hydrogen-bond donors (Lipinski definition) is 1. The molecule has 1 aliphatic heterocycles. The minimum absolute atomic E-state index is 0.0393. The van der Waals surface area contributed by atoms with Crippen LogP contribution >= 0.6 is 11.6 Å². The first-order valence-electron chi connectivity index (χ1n) is 8.86. The second-order valence-corrected chi connectivity index (χ2v) is 6.91. The fourth-order valence-electron chi connectivity index (χ4n) is 3.15. The third-order valence-corrected chi connectivity index (χ3v) is 4.86. The average molecular weight is 383 g/mol. The van der Waals surface area contributed by atoms with E-state index in [-0.39, 0.29) is 12.0 Å². The molecule has 6 nitrogen and oxygen atoms in total. The molecule has 3 heterocycles. The SMILES string of the molecule is O=C(c1cc(-c2cccnc2)n[nH]1)N1CCC(Oc2ccc(Cl)cc2)CC1. The van der Waals surface area contributed by atoms with E-state index in [2.05, 4.69) is 15.2 Å². The largest absolute Gasteiger partial charge is 0.490 e. The summed E-state index contributed by atoms with van der Waals surface area (Å²) < 4.78 is 5.98. The lowest BCUT2D eigenvalue weighted by molar-refractivity contribution is 0.0590. The van der Waals surface area contributed by atoms with Gasteiger partial charge in [-0.05, 0) is 42.5 Å². The second kappa shape index (κ2) is 7.80. The summed E-state index contributed by atoms with van der Waals surface area (Å²) in [4.78, 5) is 18.6. The maximum Gasteiger partial charge on any atom is 0.271 e. The number of likely N-dealkylation sites (tertiary alicyclic amines) is 1. The van der Waals surface area contributed by atoms with Crippen LogP contribution in [-0.2, 0) is 0 Å². The Bertz CT molecular complexity index is 903. The Morgan fingerprint density at radius 3 is 2.67 bits per heavy atom. The number of carbonyl (C=O) groups excluding carboxylic acids is 1. The standard InChI is InChI=1S/C20H19ClN4O2/c21-15-3-5-16(6-4-15)27-17-7-10-25(11-8-17)20(26)19-12-18(23-24-19)14-2-1-9-22-13-14/h1-6,9,12-13,17H,7-8,10-11H2,(H,23,24). The molecule has 3 aromatic rings. The van der Waals surface area contributed by atoms with E-state index in [0.717, 1.165) is 24.2 Å². The smallest absolute Gasteiger partial charge is 0.271 e. The number of rotatable bonds is 4. The predicted molar refractivity (Wildman–Crippen MR) is 103 cm³/mol. The monoisotopic (exact) mass is 382 g/mol. The van der Waals surface area contributed by atoms with Gasteiger partial charge in [0.25, 0.3) is 5.91 Å². The fraction of sp³-hybridized carbons (Fsp3) is 0.250. The number of aromatic amines is 1. The molecule has 1 aliphatic rings. The average Bonchev–Trinajstić information content (AvgIpc) is 3.21. The van der Waals surface area contributed by atoms with Gasteiger partial charge in [0.15, 0.2) is 0 Å². The topological polar surface area (TPSA) is 71.1 Å². The number of pyridine rings is 1. The van der Waals surface area contributed by atoms with Crippen molar-refractivity contribution in [3.8, 4) is 17.0 Å². The Balaban J connectivity index is 1.35. The van der Waals surface area contributed by atoms with Gasteiger partial charge in [0.1, 0.15) is 17.5 Å². The van der Waals surface area contributed by atoms with E-state index in [1.54, 1.807) is 18.5 Å². The number of amides is 1. The van der Waals surface area contributed by atoms with Crippen LogP contribution in [0.4, 0.5) is 0 Å². The summed E-state index contributed by atoms with van der Waals surface area (Å²) in [6, 6.07) is 12.9. The molecule has 4 rings (SSSR count). The first-order valence-corrected chi connectivity index (χ1v) is 9.24. The van der Waals surface area contributed by atoms with Crippen molar-refractivity contribution < 1.29 is 9.53 Å². The van der Waals surface area contributed by atoms with Crippen LogP contribution < -0.4 is 4.74 Å². The van der Waals surface area contributed by atoms with E-state index < -0.39 is 0 Å². The first kappa shape index (κ1) is 17.5. The van der Waals surface area contributed by atoms with Crippen LogP contribution in [0.1, 0.15) is 23.3 Å². The molecule has 1 N–H and O–H groups in total. The van der Waals surface area contributed by atoms with Crippen LogP contribution in [0.3, 0.4) is 0 Å². The Morgan fingerprint density at radius 2 is 1.96 bits per heavy atom. The van der Waals surface area contributed by atoms with Crippen LogP contribution in [0, 0.1) is 0 Å². The highest BCUT2D eigenvalue weighted by Crippen LogP contribution is 2.22. The van der Waals surface area contributed by atoms with Crippen molar-refractivity contribution in [2.45, 2.75) is 18.9 Å². The lowest BCUT2D eigenvalue weighted by Crippen LogP contribution is -2.41. The van der Waals surface area contributed by atoms with Crippen molar-refractivity contribution in [2.24, 2.45) is 0 Å². The zero-order valence-corrected chi connectivity index (χ0v) is 15.4. The molecule has 138 valence electrons. The van der Waals surface area contributed by atoms with Gasteiger partial charge in [0.05, 0.1) is 5.69 Å². The third kappa shape index (κ3) is 4.11. The molecule has 7 heteroatoms. The Morgan fingerprint density at radius 1 is 1.19 bits per heavy atom. The molecule has 1 amide bonds. The number of carbonyl (C=O) groups is 1. The summed E-state index contributed by atoms with van der Waals surface area (Å²) in [5.41, 5.74) is 2.08. The molecule has 1 saturated heterocycles. The molecule has 1 fully saturated rings. The van der Waals surface area contributed by atoms with E-state index in [4.69, 9.17) is 16.3 Å². The maximum absolute atomic E-state index is 12.7. The summed E-state index contributed by atoms with van der Waals surface area (Å²) in [5.74, 6) is 0.765. The molecule has 2 aromatic heterocycles. The van der Waals surface area contributed by atoms with Gasteiger partial charge in [0.2, 0.25) is 0 Å². The first-order chi connectivity index (χ1) is 13.2. The Hall–Kier alpha value is -2.86. The zero-order valence-electron chi connectivity index (χ0n) is 14.6. The Kier molecular flexibility index (Phi) is 5.07. The minimum Gasteiger partial charge on any atom is -0.490 e. The van der Waals surface area contributed by atoms with E-state index in [1.165, 1.54) is 0 Å². The van der Waals surface area contributed by atoms with Crippen molar-refractivity contribution in [3.63, 3.8) is 0 Å². The van der Waals surface area contributed by atoms with Crippen LogP contribution in [-0.4, -0.2) is 45.2 Å². The van der Waals surface area contributed by atoms with Gasteiger partial charge in [-0.2, -0.15) is 5.10 Å². The molecule has 0 saturated carbocycles. The number of halogens is 1. The van der Waals surface area contributed by atoms with Crippen molar-refractivity contribution in [1.82, 2.24) is 20.1 Å². The van der Waals surface area contributed by atoms with E-state index in [1.807, 2.05) is 41.3 Å². The highest BCUT2D eigenvalue weighted by Gasteiger charge is 2.26. The molecule has 0 atom stereocenters. The predicted octanol–water partition coefficient (Wildman–Crippen LogP) is 3.81. The van der Waals surface area contributed by atoms with Gasteiger partial charge in [-0.25, -0.2) is 0 Å². The number of ether oxygens (including phenoxy) is 1. The van der Waals surface area contributed by atoms with Crippen molar-refractivity contribution in [2.75, 3.05) is 13.1 Å². The zero-order chi connectivity index (χ0) is 18.6. The lowest BCUT2D eigenvalue weighted by Gasteiger charge is -2.31. The molecule has 0 aliphatic carbocycles. The van der Waals surface area contributed by atoms with Gasteiger partial charge in [-0.1, -0.05) is 11.6 Å². The summed E-state index contributed by atoms with van der Waals surface area (Å²) in [7, 11) is 0. The number of aromatic nitrogens is 3. The van der Waals surface area contributed by atoms with Gasteiger partial charge in [-0.3, -0.25) is 14.9 Å². The number of nitrogens with one attached hydrogen (secondary N) is 1. The van der Waals surface area contributed by atoms with Gasteiger partial charge in [0, 0.05) is 48.9 Å². The fourth-order valence-corrected chi connectivity index (χ4v) is 3.27. The van der Waals surface area contributed by atoms with E-state index in [0.29, 0.717) is 29.5 Å². The number of nitrogens with zero attached hydrogens (tertiary/aromatic N) is 3. The van der Waals surface area contributed by atoms with Gasteiger partial charge < -0.3 is 9.64 Å². The summed E-state index contributed by atoms with van der Waals surface area (Å²) >= 11 is 5.90. The summed E-state index contributed by atoms with van der Waals surface area (Å²) in [5, 5.41) is 7.77. The third-order valence-electron chi connectivity index (χ3n) is 4.61. The van der Waals surface area contributed by atoms with Crippen LogP contribution in [0.5, 0.6) is 5.75 Å². The molecule has 0 spiro atoms. The quantitative estimate of drug-likeness (QED) is 0.744. The molecule has 0 radical (unpaired) electrons. The highest BCUT2D eigenvalue weighted by molar-refractivity contribution is 6.30. The summed E-state index contributed by atoms with van der Waals surface area (Å²) in [6.45, 7) is 1.30. The van der Waals surface area contributed by atoms with Gasteiger partial charge in [-0.15, -0.1) is 0 Å². The lowest BCUT2D eigenvalue weighted by atomic mass is 10.1. The highest BCUT2D eigenvalue weighted by atomic mass is 35.5. The second-order valence-electron chi connectivity index (χ2n) is 6.47. The molecule has 0 bridgehead atoms. The van der Waals surface area contributed by atoms with E-state index >= 15 is 0 Å². The number of benzene rings is 1. The molecule has 0 unspecified atom stereocenters. The van der Waals surface area contributed by atoms with Crippen molar-refractivity contribution in [1.29, 1.82) is 0 Å². The number of piperidine rings is 1. The molecule has 1 aromatic carbocycles. The molecular formula is C20H19ClN4O2. The van der Waals surface area contributed by atoms with E-state index in [9.17, 15) is 4.79 Å². The van der Waals surface area contributed by atoms with Crippen molar-refractivity contribution >= 4 is 17.5 Å². The number of H-pyrrole nitrogens is 1. The molecular weight excluding hydrogens is 364 g/mol. The van der Waals surface area contributed by atoms with Crippen LogP contribution in [0.25, 0.3) is 11.3 Å². The minimum atomic E-state index is -0.0393. The normalized spacial score (nSPS) is 14.9. The van der Waals surface area contributed by atoms with Gasteiger partial charge >= 0.3 is 0 Å². The van der Waals surface area contributed by atoms with Crippen molar-refractivity contribution in [3.05, 3.63) is 65.6 Å². The number of hydrogen-bond acceptors (Lipinski definition) is 4. The van der Waals surface area contributed by atoms with Crippen LogP contribution in [0.2, 0.25) is 5.02 Å². The Labute approximate surface area is 162 Å². The maximum atomic E-state index is 12.7. The summed E-state index contributed by atoms with van der Waals surface area (Å²) in [6.07, 6.45) is 5.11. The van der Waals surface area contributed by atoms with Crippen LogP contribution in [0.15, 0.2) is 54.9 Å².